The highest BCUT2D eigenvalue weighted by Gasteiger charge is 2.51. The van der Waals surface area contributed by atoms with Crippen molar-refractivity contribution in [1.82, 2.24) is 10.2 Å². The Morgan fingerprint density at radius 1 is 1.35 bits per heavy atom. The maximum atomic E-state index is 12.8. The molecule has 0 radical (unpaired) electrons. The lowest BCUT2D eigenvalue weighted by atomic mass is 9.89. The molecule has 5 heteroatoms. The molecule has 0 spiro atoms. The van der Waals surface area contributed by atoms with Crippen LogP contribution in [0.3, 0.4) is 0 Å². The third-order valence-electron chi connectivity index (χ3n) is 4.22. The van der Waals surface area contributed by atoms with Gasteiger partial charge in [-0.2, -0.15) is 0 Å². The molecule has 1 N–H and O–H groups in total. The van der Waals surface area contributed by atoms with Crippen molar-refractivity contribution in [2.24, 2.45) is 11.8 Å². The largest absolute Gasteiger partial charge is 0.382 e. The number of nitrogens with one attached hydrogen (secondary N) is 1. The number of methoxy groups -OCH3 is 1. The molecule has 2 atom stereocenters. The summed E-state index contributed by atoms with van der Waals surface area (Å²) in [6.07, 6.45) is 2.06. The number of amides is 2. The van der Waals surface area contributed by atoms with Crippen LogP contribution in [0.5, 0.6) is 0 Å². The normalized spacial score (nSPS) is 28.0. The molecule has 0 aromatic rings. The third kappa shape index (κ3) is 2.68. The quantitative estimate of drug-likeness (QED) is 0.823. The van der Waals surface area contributed by atoms with Crippen LogP contribution < -0.4 is 5.32 Å². The second-order valence-electron chi connectivity index (χ2n) is 6.97. The number of piperazine rings is 1. The molecule has 2 fully saturated rings. The lowest BCUT2D eigenvalue weighted by molar-refractivity contribution is -0.161. The van der Waals surface area contributed by atoms with Crippen LogP contribution in [-0.4, -0.2) is 48.1 Å². The van der Waals surface area contributed by atoms with Gasteiger partial charge in [0.1, 0.15) is 12.1 Å². The van der Waals surface area contributed by atoms with Gasteiger partial charge >= 0.3 is 0 Å². The van der Waals surface area contributed by atoms with Crippen LogP contribution in [0, 0.1) is 11.8 Å². The molecular weight excluding hydrogens is 256 g/mol. The van der Waals surface area contributed by atoms with E-state index < -0.39 is 11.6 Å². The Hall–Kier alpha value is -1.10. The zero-order valence-electron chi connectivity index (χ0n) is 13.1. The fraction of sp³-hybridized carbons (Fsp3) is 0.867. The van der Waals surface area contributed by atoms with Crippen molar-refractivity contribution < 1.29 is 14.3 Å². The monoisotopic (exact) mass is 282 g/mol. The molecule has 0 aromatic heterocycles. The van der Waals surface area contributed by atoms with Crippen LogP contribution in [-0.2, 0) is 14.3 Å². The Kier molecular flexibility index (Phi) is 4.09. The van der Waals surface area contributed by atoms with Gasteiger partial charge in [-0.25, -0.2) is 0 Å². The number of carbonyl (C=O) groups excluding carboxylic acids is 2. The Bertz CT molecular complexity index is 402. The van der Waals surface area contributed by atoms with E-state index in [9.17, 15) is 9.59 Å². The van der Waals surface area contributed by atoms with Crippen LogP contribution in [0.4, 0.5) is 0 Å². The first kappa shape index (κ1) is 15.3. The summed E-state index contributed by atoms with van der Waals surface area (Å²) in [6.45, 7) is 8.31. The van der Waals surface area contributed by atoms with Gasteiger partial charge in [-0.15, -0.1) is 0 Å². The van der Waals surface area contributed by atoms with E-state index in [1.165, 1.54) is 0 Å². The Morgan fingerprint density at radius 2 is 1.95 bits per heavy atom. The van der Waals surface area contributed by atoms with Crippen molar-refractivity contribution in [1.29, 1.82) is 0 Å². The van der Waals surface area contributed by atoms with Crippen molar-refractivity contribution in [2.45, 2.75) is 58.2 Å². The van der Waals surface area contributed by atoms with Crippen molar-refractivity contribution >= 4 is 11.8 Å². The molecule has 20 heavy (non-hydrogen) atoms. The van der Waals surface area contributed by atoms with Gasteiger partial charge in [0.25, 0.3) is 0 Å². The van der Waals surface area contributed by atoms with Crippen molar-refractivity contribution in [2.75, 3.05) is 13.7 Å². The lowest BCUT2D eigenvalue weighted by Gasteiger charge is -2.49. The minimum Gasteiger partial charge on any atom is -0.382 e. The van der Waals surface area contributed by atoms with Crippen molar-refractivity contribution in [3.05, 3.63) is 0 Å². The van der Waals surface area contributed by atoms with Crippen LogP contribution in [0.25, 0.3) is 0 Å². The summed E-state index contributed by atoms with van der Waals surface area (Å²) in [4.78, 5) is 27.1. The number of ether oxygens (including phenoxy) is 1. The number of carbonyl (C=O) groups is 2. The molecule has 1 aliphatic carbocycles. The molecule has 2 amide bonds. The fourth-order valence-electron chi connectivity index (χ4n) is 3.15. The molecule has 0 bridgehead atoms. The molecular formula is C15H26N2O3. The summed E-state index contributed by atoms with van der Waals surface area (Å²) in [5.74, 6) is 0.421. The minimum absolute atomic E-state index is 0.0271. The highest BCUT2D eigenvalue weighted by molar-refractivity contribution is 5.98. The van der Waals surface area contributed by atoms with Gasteiger partial charge in [-0.05, 0) is 38.5 Å². The van der Waals surface area contributed by atoms with E-state index in [2.05, 4.69) is 5.32 Å². The van der Waals surface area contributed by atoms with Crippen LogP contribution in [0.1, 0.15) is 40.5 Å². The number of nitrogens with zero attached hydrogens (tertiary/aromatic N) is 1. The molecule has 5 nitrogen and oxygen atoms in total. The highest BCUT2D eigenvalue weighted by atomic mass is 16.5. The van der Waals surface area contributed by atoms with Gasteiger partial charge < -0.3 is 15.0 Å². The number of rotatable bonds is 5. The van der Waals surface area contributed by atoms with E-state index in [0.29, 0.717) is 12.5 Å². The second-order valence-corrected chi connectivity index (χ2v) is 6.97. The average molecular weight is 282 g/mol. The molecule has 1 heterocycles. The van der Waals surface area contributed by atoms with Crippen molar-refractivity contribution in [3.63, 3.8) is 0 Å². The Labute approximate surface area is 121 Å². The summed E-state index contributed by atoms with van der Waals surface area (Å²) in [6, 6.07) is -0.753. The zero-order valence-corrected chi connectivity index (χ0v) is 13.1. The summed E-state index contributed by atoms with van der Waals surface area (Å²) < 4.78 is 5.26. The predicted octanol–water partition coefficient (Wildman–Crippen LogP) is 1.17. The van der Waals surface area contributed by atoms with Gasteiger partial charge in [0.05, 0.1) is 12.1 Å². The van der Waals surface area contributed by atoms with Gasteiger partial charge in [0.15, 0.2) is 0 Å². The minimum atomic E-state index is -0.480. The summed E-state index contributed by atoms with van der Waals surface area (Å²) in [5.41, 5.74) is -0.480. The first-order valence-corrected chi connectivity index (χ1v) is 7.42. The highest BCUT2D eigenvalue weighted by Crippen LogP contribution is 2.37. The predicted molar refractivity (Wildman–Crippen MR) is 76.1 cm³/mol. The standard InChI is InChI=1S/C15H26N2O3/c1-9(2)12-13(18)16-11(10-6-7-10)14(19)17(12)15(3,4)8-20-5/h9-12H,6-8H2,1-5H3,(H,16,18). The Balaban J connectivity index is 2.33. The molecule has 0 aromatic carbocycles. The molecule has 1 saturated heterocycles. The zero-order chi connectivity index (χ0) is 15.1. The molecule has 2 aliphatic rings. The summed E-state index contributed by atoms with van der Waals surface area (Å²) >= 11 is 0. The van der Waals surface area contributed by atoms with Gasteiger partial charge in [0.2, 0.25) is 11.8 Å². The van der Waals surface area contributed by atoms with E-state index in [1.807, 2.05) is 27.7 Å². The van der Waals surface area contributed by atoms with E-state index >= 15 is 0 Å². The molecule has 1 aliphatic heterocycles. The van der Waals surface area contributed by atoms with Crippen LogP contribution >= 0.6 is 0 Å². The topological polar surface area (TPSA) is 58.6 Å². The van der Waals surface area contributed by atoms with E-state index in [4.69, 9.17) is 4.74 Å². The van der Waals surface area contributed by atoms with E-state index in [-0.39, 0.29) is 23.8 Å². The third-order valence-corrected chi connectivity index (χ3v) is 4.22. The Morgan fingerprint density at radius 3 is 2.40 bits per heavy atom. The summed E-state index contributed by atoms with van der Waals surface area (Å²) in [7, 11) is 1.62. The molecule has 2 unspecified atom stereocenters. The fourth-order valence-corrected chi connectivity index (χ4v) is 3.15. The van der Waals surface area contributed by atoms with Crippen molar-refractivity contribution in [3.8, 4) is 0 Å². The van der Waals surface area contributed by atoms with Gasteiger partial charge in [-0.3, -0.25) is 9.59 Å². The van der Waals surface area contributed by atoms with Crippen LogP contribution in [0.15, 0.2) is 0 Å². The second kappa shape index (κ2) is 5.35. The first-order chi connectivity index (χ1) is 9.29. The number of hydrogen-bond acceptors (Lipinski definition) is 3. The number of hydrogen-bond donors (Lipinski definition) is 1. The summed E-state index contributed by atoms with van der Waals surface area (Å²) in [5, 5.41) is 2.93. The molecule has 2 rings (SSSR count). The van der Waals surface area contributed by atoms with E-state index in [1.54, 1.807) is 12.0 Å². The maximum absolute atomic E-state index is 12.8. The lowest BCUT2D eigenvalue weighted by Crippen LogP contribution is -2.70. The molecule has 1 saturated carbocycles. The average Bonchev–Trinajstić information content (AvgIpc) is 3.14. The smallest absolute Gasteiger partial charge is 0.246 e. The van der Waals surface area contributed by atoms with Gasteiger partial charge in [0, 0.05) is 7.11 Å². The van der Waals surface area contributed by atoms with Crippen LogP contribution in [0.2, 0.25) is 0 Å². The SMILES string of the molecule is COCC(C)(C)N1C(=O)C(C2CC2)NC(=O)C1C(C)C. The van der Waals surface area contributed by atoms with E-state index in [0.717, 1.165) is 12.8 Å². The van der Waals surface area contributed by atoms with Gasteiger partial charge in [-0.1, -0.05) is 13.8 Å². The molecule has 114 valence electrons. The maximum Gasteiger partial charge on any atom is 0.246 e. The first-order valence-electron chi connectivity index (χ1n) is 7.42.